The van der Waals surface area contributed by atoms with E-state index >= 15 is 0 Å². The van der Waals surface area contributed by atoms with Crippen LogP contribution in [0.15, 0.2) is 0 Å². The lowest BCUT2D eigenvalue weighted by Crippen LogP contribution is -2.47. The highest BCUT2D eigenvalue weighted by Gasteiger charge is 2.26. The summed E-state index contributed by atoms with van der Waals surface area (Å²) in [7, 11) is 0. The highest BCUT2D eigenvalue weighted by atomic mass is 79.9. The lowest BCUT2D eigenvalue weighted by Gasteiger charge is -2.32. The number of nitrogens with zero attached hydrogens (tertiary/aromatic N) is 2. The first-order valence-electron chi connectivity index (χ1n) is 7.60. The van der Waals surface area contributed by atoms with Crippen molar-refractivity contribution in [1.29, 1.82) is 0 Å². The number of alkyl halides is 1. The summed E-state index contributed by atoms with van der Waals surface area (Å²) < 4.78 is 10.4. The van der Waals surface area contributed by atoms with E-state index in [-0.39, 0.29) is 16.7 Å². The Morgan fingerprint density at radius 1 is 1.50 bits per heavy atom. The van der Waals surface area contributed by atoms with Crippen LogP contribution in [0.3, 0.4) is 0 Å². The fourth-order valence-electron chi connectivity index (χ4n) is 2.27. The lowest BCUT2D eigenvalue weighted by atomic mass is 10.1. The van der Waals surface area contributed by atoms with Gasteiger partial charge in [0.05, 0.1) is 19.8 Å². The third-order valence-corrected chi connectivity index (χ3v) is 5.16. The monoisotopic (exact) mass is 395 g/mol. The summed E-state index contributed by atoms with van der Waals surface area (Å²) in [5.41, 5.74) is 5.82. The minimum Gasteiger partial charge on any atom is -0.465 e. The molecule has 1 saturated heterocycles. The van der Waals surface area contributed by atoms with E-state index in [2.05, 4.69) is 20.8 Å². The normalized spacial score (nSPS) is 18.5. The maximum Gasteiger partial charge on any atom is 0.320 e. The van der Waals surface area contributed by atoms with Gasteiger partial charge in [-0.15, -0.1) is 0 Å². The van der Waals surface area contributed by atoms with Crippen LogP contribution in [0.5, 0.6) is 0 Å². The van der Waals surface area contributed by atoms with Crippen molar-refractivity contribution in [3.63, 3.8) is 0 Å². The zero-order chi connectivity index (χ0) is 16.5. The molecule has 0 aromatic rings. The van der Waals surface area contributed by atoms with Crippen LogP contribution in [-0.4, -0.2) is 78.3 Å². The largest absolute Gasteiger partial charge is 0.465 e. The molecule has 0 radical (unpaired) electrons. The molecular weight excluding hydrogens is 370 g/mol. The molecule has 22 heavy (non-hydrogen) atoms. The number of ether oxygens (including phenoxy) is 2. The number of carbonyl (C=O) groups is 1. The predicted octanol–water partition coefficient (Wildman–Crippen LogP) is 0.827. The van der Waals surface area contributed by atoms with Crippen molar-refractivity contribution in [3.05, 3.63) is 0 Å². The van der Waals surface area contributed by atoms with E-state index in [1.807, 2.05) is 11.8 Å². The minimum atomic E-state index is -0.354. The molecule has 1 aliphatic heterocycles. The molecule has 2 unspecified atom stereocenters. The van der Waals surface area contributed by atoms with Crippen molar-refractivity contribution < 1.29 is 14.3 Å². The Bertz CT molecular complexity index is 367. The molecule has 6 nitrogen and oxygen atoms in total. The fourth-order valence-corrected chi connectivity index (χ4v) is 2.74. The summed E-state index contributed by atoms with van der Waals surface area (Å²) in [5.74, 6) is -0.198. The molecule has 0 aromatic carbocycles. The molecule has 0 bridgehead atoms. The molecule has 128 valence electrons. The highest BCUT2D eigenvalue weighted by molar-refractivity contribution is 9.10. The van der Waals surface area contributed by atoms with Gasteiger partial charge in [0.15, 0.2) is 5.11 Å². The van der Waals surface area contributed by atoms with Crippen molar-refractivity contribution in [2.24, 2.45) is 11.7 Å². The van der Waals surface area contributed by atoms with Crippen LogP contribution in [0.2, 0.25) is 0 Å². The Morgan fingerprint density at radius 3 is 2.68 bits per heavy atom. The van der Waals surface area contributed by atoms with Gasteiger partial charge in [-0.25, -0.2) is 0 Å². The quantitative estimate of drug-likeness (QED) is 0.370. The molecule has 0 amide bonds. The highest BCUT2D eigenvalue weighted by Crippen LogP contribution is 2.16. The van der Waals surface area contributed by atoms with Crippen molar-refractivity contribution >= 4 is 39.2 Å². The Hall–Kier alpha value is -0.440. The van der Waals surface area contributed by atoms with Gasteiger partial charge in [0.2, 0.25) is 0 Å². The molecule has 2 atom stereocenters. The minimum absolute atomic E-state index is 0.0465. The summed E-state index contributed by atoms with van der Waals surface area (Å²) in [4.78, 5) is 15.7. The van der Waals surface area contributed by atoms with Crippen molar-refractivity contribution in [2.75, 3.05) is 52.5 Å². The molecule has 0 saturated carbocycles. The van der Waals surface area contributed by atoms with Crippen LogP contribution in [0, 0.1) is 5.92 Å². The maximum absolute atomic E-state index is 11.8. The van der Waals surface area contributed by atoms with Gasteiger partial charge in [-0.1, -0.05) is 22.9 Å². The third kappa shape index (κ3) is 6.76. The van der Waals surface area contributed by atoms with E-state index in [4.69, 9.17) is 27.4 Å². The van der Waals surface area contributed by atoms with E-state index in [0.717, 1.165) is 39.4 Å². The van der Waals surface area contributed by atoms with Crippen LogP contribution in [0.1, 0.15) is 13.8 Å². The van der Waals surface area contributed by atoms with Gasteiger partial charge in [0, 0.05) is 32.7 Å². The molecule has 0 aromatic heterocycles. The van der Waals surface area contributed by atoms with Crippen molar-refractivity contribution in [3.8, 4) is 0 Å². The smallest absolute Gasteiger partial charge is 0.320 e. The summed E-state index contributed by atoms with van der Waals surface area (Å²) in [5, 5.41) is 0.365. The maximum atomic E-state index is 11.8. The molecule has 0 spiro atoms. The molecule has 8 heteroatoms. The van der Waals surface area contributed by atoms with Crippen LogP contribution in [0.25, 0.3) is 0 Å². The Kier molecular flexibility index (Phi) is 9.23. The average molecular weight is 396 g/mol. The summed E-state index contributed by atoms with van der Waals surface area (Å²) in [6.45, 7) is 9.84. The van der Waals surface area contributed by atoms with Gasteiger partial charge in [0.25, 0.3) is 0 Å². The SMILES string of the molecule is CCOC(=O)C(Br)C(C)CN(CCN1CCOCC1)C(N)=S. The molecule has 1 aliphatic rings. The number of rotatable bonds is 8. The Labute approximate surface area is 146 Å². The summed E-state index contributed by atoms with van der Waals surface area (Å²) in [6.07, 6.45) is 0. The number of esters is 1. The van der Waals surface area contributed by atoms with E-state index in [9.17, 15) is 4.79 Å². The van der Waals surface area contributed by atoms with Gasteiger partial charge in [-0.2, -0.15) is 0 Å². The molecule has 1 heterocycles. The second-order valence-corrected chi connectivity index (χ2v) is 6.77. The molecule has 1 fully saturated rings. The number of nitrogens with two attached hydrogens (primary N) is 1. The van der Waals surface area contributed by atoms with Crippen LogP contribution < -0.4 is 5.73 Å². The lowest BCUT2D eigenvalue weighted by molar-refractivity contribution is -0.143. The number of carbonyl (C=O) groups excluding carboxylic acids is 1. The Balaban J connectivity index is 2.45. The van der Waals surface area contributed by atoms with Crippen molar-refractivity contribution in [2.45, 2.75) is 18.7 Å². The standard InChI is InChI=1S/C14H26BrN3O3S/c1-3-21-13(19)12(15)11(2)10-18(14(16)22)5-4-17-6-8-20-9-7-17/h11-12H,3-10H2,1-2H3,(H2,16,22). The zero-order valence-electron chi connectivity index (χ0n) is 13.3. The van der Waals surface area contributed by atoms with Gasteiger partial charge in [0.1, 0.15) is 4.83 Å². The summed E-state index contributed by atoms with van der Waals surface area (Å²) >= 11 is 8.54. The van der Waals surface area contributed by atoms with E-state index in [1.54, 1.807) is 6.92 Å². The average Bonchev–Trinajstić information content (AvgIpc) is 2.51. The second-order valence-electron chi connectivity index (χ2n) is 5.37. The first-order valence-corrected chi connectivity index (χ1v) is 8.93. The van der Waals surface area contributed by atoms with Gasteiger partial charge >= 0.3 is 5.97 Å². The number of hydrogen-bond donors (Lipinski definition) is 1. The van der Waals surface area contributed by atoms with Crippen LogP contribution >= 0.6 is 28.1 Å². The fraction of sp³-hybridized carbons (Fsp3) is 0.857. The van der Waals surface area contributed by atoms with E-state index < -0.39 is 0 Å². The molecule has 1 rings (SSSR count). The first kappa shape index (κ1) is 19.6. The van der Waals surface area contributed by atoms with Gasteiger partial charge < -0.3 is 20.1 Å². The molecule has 0 aliphatic carbocycles. The topological polar surface area (TPSA) is 68.0 Å². The zero-order valence-corrected chi connectivity index (χ0v) is 15.7. The number of morpholine rings is 1. The van der Waals surface area contributed by atoms with Crippen LogP contribution in [-0.2, 0) is 14.3 Å². The van der Waals surface area contributed by atoms with Crippen molar-refractivity contribution in [1.82, 2.24) is 9.80 Å². The number of hydrogen-bond acceptors (Lipinski definition) is 5. The number of thiocarbonyl (C=S) groups is 1. The van der Waals surface area contributed by atoms with Crippen LogP contribution in [0.4, 0.5) is 0 Å². The molecule has 2 N–H and O–H groups in total. The molecular formula is C14H26BrN3O3S. The van der Waals surface area contributed by atoms with Gasteiger partial charge in [-0.05, 0) is 25.1 Å². The van der Waals surface area contributed by atoms with E-state index in [0.29, 0.717) is 18.3 Å². The Morgan fingerprint density at radius 2 is 2.14 bits per heavy atom. The first-order chi connectivity index (χ1) is 10.5. The van der Waals surface area contributed by atoms with E-state index in [1.165, 1.54) is 0 Å². The predicted molar refractivity (Wildman–Crippen MR) is 94.1 cm³/mol. The number of halogens is 1. The second kappa shape index (κ2) is 10.4. The summed E-state index contributed by atoms with van der Waals surface area (Å²) in [6, 6.07) is 0. The third-order valence-electron chi connectivity index (χ3n) is 3.62. The van der Waals surface area contributed by atoms with Gasteiger partial charge in [-0.3, -0.25) is 9.69 Å².